The van der Waals surface area contributed by atoms with E-state index >= 15 is 0 Å². The molecular weight excluding hydrogens is 226 g/mol. The van der Waals surface area contributed by atoms with E-state index in [1.54, 1.807) is 0 Å². The van der Waals surface area contributed by atoms with Crippen LogP contribution >= 0.6 is 0 Å². The van der Waals surface area contributed by atoms with E-state index < -0.39 is 6.10 Å². The smallest absolute Gasteiger partial charge is 0.0897 e. The summed E-state index contributed by atoms with van der Waals surface area (Å²) < 4.78 is 5.78. The Bertz CT molecular complexity index is 262. The van der Waals surface area contributed by atoms with Crippen molar-refractivity contribution >= 4 is 0 Å². The van der Waals surface area contributed by atoms with Gasteiger partial charge in [-0.3, -0.25) is 0 Å². The van der Waals surface area contributed by atoms with Crippen molar-refractivity contribution in [3.63, 3.8) is 0 Å². The van der Waals surface area contributed by atoms with E-state index in [9.17, 15) is 5.11 Å². The van der Waals surface area contributed by atoms with E-state index in [-0.39, 0.29) is 6.04 Å². The Morgan fingerprint density at radius 2 is 2.28 bits per heavy atom. The summed E-state index contributed by atoms with van der Waals surface area (Å²) in [4.78, 5) is 0. The SMILES string of the molecule is C#CCC(C)NCC(O)COC1CCCC(C)C1. The summed E-state index contributed by atoms with van der Waals surface area (Å²) in [6.45, 7) is 5.27. The molecule has 0 aromatic rings. The minimum Gasteiger partial charge on any atom is -0.389 e. The molecular formula is C15H27NO2. The molecule has 2 N–H and O–H groups in total. The van der Waals surface area contributed by atoms with Gasteiger partial charge in [0, 0.05) is 19.0 Å². The Balaban J connectivity index is 2.09. The molecule has 0 spiro atoms. The van der Waals surface area contributed by atoms with Gasteiger partial charge in [-0.15, -0.1) is 12.3 Å². The average molecular weight is 253 g/mol. The number of terminal acetylenes is 1. The standard InChI is InChI=1S/C15H27NO2/c1-4-6-13(3)16-10-14(17)11-18-15-8-5-7-12(2)9-15/h1,12-17H,5-11H2,2-3H3. The normalized spacial score (nSPS) is 27.4. The Labute approximate surface area is 111 Å². The van der Waals surface area contributed by atoms with Gasteiger partial charge in [0.25, 0.3) is 0 Å². The molecule has 4 atom stereocenters. The molecule has 0 aromatic heterocycles. The van der Waals surface area contributed by atoms with Gasteiger partial charge >= 0.3 is 0 Å². The van der Waals surface area contributed by atoms with Gasteiger partial charge in [-0.25, -0.2) is 0 Å². The molecule has 1 aliphatic carbocycles. The van der Waals surface area contributed by atoms with Crippen LogP contribution in [0.15, 0.2) is 0 Å². The molecule has 3 nitrogen and oxygen atoms in total. The quantitative estimate of drug-likeness (QED) is 0.681. The lowest BCUT2D eigenvalue weighted by molar-refractivity contribution is -0.0310. The molecule has 1 rings (SSSR count). The fraction of sp³-hybridized carbons (Fsp3) is 0.867. The number of ether oxygens (including phenoxy) is 1. The Morgan fingerprint density at radius 3 is 2.94 bits per heavy atom. The average Bonchev–Trinajstić information content (AvgIpc) is 2.34. The van der Waals surface area contributed by atoms with Crippen LogP contribution in [0.2, 0.25) is 0 Å². The third-order valence-corrected chi connectivity index (χ3v) is 3.54. The maximum absolute atomic E-state index is 9.82. The monoisotopic (exact) mass is 253 g/mol. The Hall–Kier alpha value is -0.560. The second-order valence-corrected chi connectivity index (χ2v) is 5.60. The van der Waals surface area contributed by atoms with Gasteiger partial charge in [0.15, 0.2) is 0 Å². The summed E-state index contributed by atoms with van der Waals surface area (Å²) in [6.07, 6.45) is 10.6. The molecule has 1 saturated carbocycles. The summed E-state index contributed by atoms with van der Waals surface area (Å²) in [5.41, 5.74) is 0. The lowest BCUT2D eigenvalue weighted by atomic mass is 9.89. The Morgan fingerprint density at radius 1 is 1.50 bits per heavy atom. The molecule has 104 valence electrons. The summed E-state index contributed by atoms with van der Waals surface area (Å²) in [6, 6.07) is 0.249. The highest BCUT2D eigenvalue weighted by Gasteiger charge is 2.20. The van der Waals surface area contributed by atoms with Crippen molar-refractivity contribution in [2.75, 3.05) is 13.2 Å². The third kappa shape index (κ3) is 6.39. The second kappa shape index (κ2) is 8.53. The van der Waals surface area contributed by atoms with E-state index in [2.05, 4.69) is 18.2 Å². The van der Waals surface area contributed by atoms with Crippen LogP contribution < -0.4 is 5.32 Å². The van der Waals surface area contributed by atoms with Crippen molar-refractivity contribution in [2.45, 2.75) is 64.2 Å². The van der Waals surface area contributed by atoms with E-state index in [1.165, 1.54) is 12.8 Å². The first kappa shape index (κ1) is 15.5. The molecule has 0 bridgehead atoms. The predicted molar refractivity (Wildman–Crippen MR) is 74.3 cm³/mol. The van der Waals surface area contributed by atoms with Crippen molar-refractivity contribution in [1.29, 1.82) is 0 Å². The summed E-state index contributed by atoms with van der Waals surface area (Å²) in [7, 11) is 0. The van der Waals surface area contributed by atoms with Crippen molar-refractivity contribution in [1.82, 2.24) is 5.32 Å². The van der Waals surface area contributed by atoms with Gasteiger partial charge < -0.3 is 15.2 Å². The van der Waals surface area contributed by atoms with Gasteiger partial charge in [0.05, 0.1) is 18.8 Å². The van der Waals surface area contributed by atoms with Gasteiger partial charge in [0.1, 0.15) is 0 Å². The summed E-state index contributed by atoms with van der Waals surface area (Å²) >= 11 is 0. The zero-order chi connectivity index (χ0) is 13.4. The van der Waals surface area contributed by atoms with Gasteiger partial charge in [0.2, 0.25) is 0 Å². The van der Waals surface area contributed by atoms with Crippen LogP contribution in [0.4, 0.5) is 0 Å². The maximum atomic E-state index is 9.82. The zero-order valence-electron chi connectivity index (χ0n) is 11.7. The molecule has 0 aliphatic heterocycles. The minimum absolute atomic E-state index is 0.249. The minimum atomic E-state index is -0.442. The first-order valence-electron chi connectivity index (χ1n) is 7.08. The Kier molecular flexibility index (Phi) is 7.34. The summed E-state index contributed by atoms with van der Waals surface area (Å²) in [5, 5.41) is 13.0. The van der Waals surface area contributed by atoms with E-state index in [0.29, 0.717) is 25.7 Å². The molecule has 18 heavy (non-hydrogen) atoms. The molecule has 0 saturated heterocycles. The molecule has 0 aromatic carbocycles. The van der Waals surface area contributed by atoms with Crippen molar-refractivity contribution < 1.29 is 9.84 Å². The van der Waals surface area contributed by atoms with E-state index in [0.717, 1.165) is 18.8 Å². The number of hydrogen-bond donors (Lipinski definition) is 2. The van der Waals surface area contributed by atoms with Crippen LogP contribution in [0.25, 0.3) is 0 Å². The number of aliphatic hydroxyl groups is 1. The fourth-order valence-electron chi connectivity index (χ4n) is 2.42. The lowest BCUT2D eigenvalue weighted by Crippen LogP contribution is -2.37. The second-order valence-electron chi connectivity index (χ2n) is 5.60. The van der Waals surface area contributed by atoms with Gasteiger partial charge in [-0.05, 0) is 25.7 Å². The van der Waals surface area contributed by atoms with Gasteiger partial charge in [-0.2, -0.15) is 0 Å². The molecule has 3 heteroatoms. The molecule has 0 heterocycles. The maximum Gasteiger partial charge on any atom is 0.0897 e. The number of nitrogens with one attached hydrogen (secondary N) is 1. The van der Waals surface area contributed by atoms with Gasteiger partial charge in [-0.1, -0.05) is 19.8 Å². The van der Waals surface area contributed by atoms with Crippen LogP contribution in [-0.2, 0) is 4.74 Å². The van der Waals surface area contributed by atoms with Crippen LogP contribution in [-0.4, -0.2) is 36.5 Å². The van der Waals surface area contributed by atoms with E-state index in [4.69, 9.17) is 11.2 Å². The van der Waals surface area contributed by atoms with Crippen molar-refractivity contribution in [3.8, 4) is 12.3 Å². The number of aliphatic hydroxyl groups excluding tert-OH is 1. The number of rotatable bonds is 7. The molecule has 1 aliphatic rings. The highest BCUT2D eigenvalue weighted by Crippen LogP contribution is 2.25. The summed E-state index contributed by atoms with van der Waals surface area (Å²) in [5.74, 6) is 3.36. The number of hydrogen-bond acceptors (Lipinski definition) is 3. The molecule has 4 unspecified atom stereocenters. The first-order chi connectivity index (χ1) is 8.61. The largest absolute Gasteiger partial charge is 0.389 e. The van der Waals surface area contributed by atoms with Crippen LogP contribution in [0, 0.1) is 18.3 Å². The van der Waals surface area contributed by atoms with E-state index in [1.807, 2.05) is 6.92 Å². The van der Waals surface area contributed by atoms with Crippen molar-refractivity contribution in [2.24, 2.45) is 5.92 Å². The highest BCUT2D eigenvalue weighted by molar-refractivity contribution is 4.88. The van der Waals surface area contributed by atoms with Crippen LogP contribution in [0.5, 0.6) is 0 Å². The molecule has 0 radical (unpaired) electrons. The zero-order valence-corrected chi connectivity index (χ0v) is 11.7. The fourth-order valence-corrected chi connectivity index (χ4v) is 2.42. The molecule has 1 fully saturated rings. The van der Waals surface area contributed by atoms with Crippen molar-refractivity contribution in [3.05, 3.63) is 0 Å². The predicted octanol–water partition coefficient (Wildman–Crippen LogP) is 1.94. The highest BCUT2D eigenvalue weighted by atomic mass is 16.5. The lowest BCUT2D eigenvalue weighted by Gasteiger charge is -2.27. The molecule has 0 amide bonds. The van der Waals surface area contributed by atoms with Crippen LogP contribution in [0.3, 0.4) is 0 Å². The first-order valence-corrected chi connectivity index (χ1v) is 7.08. The van der Waals surface area contributed by atoms with Crippen LogP contribution in [0.1, 0.15) is 46.0 Å². The third-order valence-electron chi connectivity index (χ3n) is 3.54. The topological polar surface area (TPSA) is 41.5 Å².